The van der Waals surface area contributed by atoms with Gasteiger partial charge in [-0.15, -0.1) is 11.3 Å². The van der Waals surface area contributed by atoms with Crippen molar-refractivity contribution in [3.63, 3.8) is 0 Å². The molecule has 0 radical (unpaired) electrons. The van der Waals surface area contributed by atoms with Crippen molar-refractivity contribution in [2.24, 2.45) is 0 Å². The number of halogens is 1. The van der Waals surface area contributed by atoms with Crippen LogP contribution in [-0.4, -0.2) is 24.1 Å². The minimum absolute atomic E-state index is 0.588. The lowest BCUT2D eigenvalue weighted by Gasteiger charge is -2.17. The summed E-state index contributed by atoms with van der Waals surface area (Å²) in [6.07, 6.45) is 2.39. The lowest BCUT2D eigenvalue weighted by Crippen LogP contribution is -2.30. The number of thiophene rings is 1. The average molecular weight is 322 g/mol. The molecule has 0 aliphatic heterocycles. The monoisotopic (exact) mass is 321 g/mol. The van der Waals surface area contributed by atoms with Gasteiger partial charge in [-0.2, -0.15) is 11.8 Å². The Balaban J connectivity index is 2.37. The Bertz CT molecular complexity index is 301. The number of thioether (sulfide) groups is 1. The number of nitrogens with one attached hydrogen (secondary N) is 1. The van der Waals surface area contributed by atoms with Crippen LogP contribution in [0.4, 0.5) is 0 Å². The first kappa shape index (κ1) is 14.6. The van der Waals surface area contributed by atoms with Crippen molar-refractivity contribution in [3.05, 3.63) is 20.8 Å². The maximum Gasteiger partial charge on any atom is 0.0701 e. The zero-order valence-corrected chi connectivity index (χ0v) is 13.3. The molecule has 0 fully saturated rings. The molecule has 0 bridgehead atoms. The predicted octanol–water partition coefficient (Wildman–Crippen LogP) is 4.17. The fourth-order valence-corrected chi connectivity index (χ4v) is 3.99. The van der Waals surface area contributed by atoms with Gasteiger partial charge >= 0.3 is 0 Å². The van der Waals surface area contributed by atoms with E-state index in [2.05, 4.69) is 66.0 Å². The van der Waals surface area contributed by atoms with E-state index in [0.717, 1.165) is 11.7 Å². The van der Waals surface area contributed by atoms with Crippen molar-refractivity contribution in [2.45, 2.75) is 38.0 Å². The molecule has 0 aliphatic rings. The van der Waals surface area contributed by atoms with Crippen LogP contribution in [0.15, 0.2) is 15.9 Å². The van der Waals surface area contributed by atoms with Crippen LogP contribution in [0.2, 0.25) is 0 Å². The summed E-state index contributed by atoms with van der Waals surface area (Å²) in [7, 11) is 2.06. The zero-order valence-electron chi connectivity index (χ0n) is 10.1. The minimum atomic E-state index is 0.588. The fraction of sp³-hybridized carbons (Fsp3) is 0.667. The van der Waals surface area contributed by atoms with Crippen LogP contribution >= 0.6 is 39.0 Å². The van der Waals surface area contributed by atoms with Crippen LogP contribution in [0.5, 0.6) is 0 Å². The van der Waals surface area contributed by atoms with Gasteiger partial charge in [0.2, 0.25) is 0 Å². The van der Waals surface area contributed by atoms with E-state index in [-0.39, 0.29) is 0 Å². The molecule has 1 aromatic heterocycles. The van der Waals surface area contributed by atoms with Crippen molar-refractivity contribution < 1.29 is 0 Å². The zero-order chi connectivity index (χ0) is 12.0. The summed E-state index contributed by atoms with van der Waals surface area (Å²) < 4.78 is 1.23. The second-order valence-corrected chi connectivity index (χ2v) is 7.97. The summed E-state index contributed by atoms with van der Waals surface area (Å²) in [5.74, 6) is 1.20. The lowest BCUT2D eigenvalue weighted by atomic mass is 10.2. The number of likely N-dealkylation sites (N-methyl/N-ethyl adjacent to an activating group) is 1. The smallest absolute Gasteiger partial charge is 0.0701 e. The number of rotatable bonds is 7. The molecule has 16 heavy (non-hydrogen) atoms. The Morgan fingerprint density at radius 1 is 1.50 bits per heavy atom. The minimum Gasteiger partial charge on any atom is -0.316 e. The van der Waals surface area contributed by atoms with E-state index in [0.29, 0.717) is 6.04 Å². The van der Waals surface area contributed by atoms with E-state index in [4.69, 9.17) is 0 Å². The highest BCUT2D eigenvalue weighted by Crippen LogP contribution is 2.24. The van der Waals surface area contributed by atoms with Gasteiger partial charge in [-0.25, -0.2) is 0 Å². The SMILES string of the molecule is CCC(C)SCC(Cc1ccc(Br)s1)NC. The Kier molecular flexibility index (Phi) is 7.04. The summed E-state index contributed by atoms with van der Waals surface area (Å²) in [4.78, 5) is 1.45. The van der Waals surface area contributed by atoms with Gasteiger partial charge in [0.15, 0.2) is 0 Å². The topological polar surface area (TPSA) is 12.0 Å². The van der Waals surface area contributed by atoms with Gasteiger partial charge in [0.05, 0.1) is 3.79 Å². The second-order valence-electron chi connectivity index (χ2n) is 3.95. The third-order valence-electron chi connectivity index (χ3n) is 2.64. The van der Waals surface area contributed by atoms with Gasteiger partial charge in [0, 0.05) is 21.9 Å². The van der Waals surface area contributed by atoms with Crippen molar-refractivity contribution in [1.29, 1.82) is 0 Å². The molecule has 1 rings (SSSR count). The molecule has 0 aliphatic carbocycles. The summed E-state index contributed by atoms with van der Waals surface area (Å²) in [6, 6.07) is 4.94. The third kappa shape index (κ3) is 5.21. The maximum absolute atomic E-state index is 3.51. The lowest BCUT2D eigenvalue weighted by molar-refractivity contribution is 0.620. The molecule has 4 heteroatoms. The molecule has 1 nitrogen and oxygen atoms in total. The first-order chi connectivity index (χ1) is 7.65. The van der Waals surface area contributed by atoms with Crippen molar-refractivity contribution in [1.82, 2.24) is 5.32 Å². The van der Waals surface area contributed by atoms with Crippen LogP contribution in [0.3, 0.4) is 0 Å². The summed E-state index contributed by atoms with van der Waals surface area (Å²) in [6.45, 7) is 4.56. The highest BCUT2D eigenvalue weighted by Gasteiger charge is 2.10. The summed E-state index contributed by atoms with van der Waals surface area (Å²) in [5.41, 5.74) is 0. The van der Waals surface area contributed by atoms with Crippen LogP contribution in [-0.2, 0) is 6.42 Å². The molecular weight excluding hydrogens is 302 g/mol. The molecule has 1 N–H and O–H groups in total. The average Bonchev–Trinajstić information content (AvgIpc) is 2.69. The van der Waals surface area contributed by atoms with Crippen LogP contribution in [0, 0.1) is 0 Å². The van der Waals surface area contributed by atoms with Gasteiger partial charge in [0.25, 0.3) is 0 Å². The van der Waals surface area contributed by atoms with Crippen molar-refractivity contribution in [2.75, 3.05) is 12.8 Å². The molecule has 0 saturated carbocycles. The standard InChI is InChI=1S/C12H20BrNS2/c1-4-9(2)15-8-10(14-3)7-11-5-6-12(13)16-11/h5-6,9-10,14H,4,7-8H2,1-3H3. The Labute approximate surface area is 116 Å². The molecular formula is C12H20BrNS2. The van der Waals surface area contributed by atoms with Gasteiger partial charge in [-0.05, 0) is 48.0 Å². The van der Waals surface area contributed by atoms with E-state index in [9.17, 15) is 0 Å². The molecule has 0 amide bonds. The first-order valence-corrected chi connectivity index (χ1v) is 8.34. The highest BCUT2D eigenvalue weighted by atomic mass is 79.9. The van der Waals surface area contributed by atoms with E-state index in [1.54, 1.807) is 0 Å². The van der Waals surface area contributed by atoms with E-state index < -0.39 is 0 Å². The normalized spacial score (nSPS) is 15.0. The van der Waals surface area contributed by atoms with Gasteiger partial charge in [-0.1, -0.05) is 13.8 Å². The van der Waals surface area contributed by atoms with Crippen molar-refractivity contribution in [3.8, 4) is 0 Å². The Morgan fingerprint density at radius 3 is 2.75 bits per heavy atom. The van der Waals surface area contributed by atoms with E-state index in [1.165, 1.54) is 20.8 Å². The van der Waals surface area contributed by atoms with Gasteiger partial charge in [-0.3, -0.25) is 0 Å². The summed E-state index contributed by atoms with van der Waals surface area (Å²) in [5, 5.41) is 4.18. The molecule has 0 saturated heterocycles. The predicted molar refractivity (Wildman–Crippen MR) is 80.8 cm³/mol. The van der Waals surface area contributed by atoms with Crippen LogP contribution in [0.1, 0.15) is 25.1 Å². The fourth-order valence-electron chi connectivity index (χ4n) is 1.35. The Morgan fingerprint density at radius 2 is 2.25 bits per heavy atom. The first-order valence-electron chi connectivity index (χ1n) is 5.68. The van der Waals surface area contributed by atoms with E-state index in [1.807, 2.05) is 11.3 Å². The number of hydrogen-bond donors (Lipinski definition) is 1. The highest BCUT2D eigenvalue weighted by molar-refractivity contribution is 9.11. The van der Waals surface area contributed by atoms with E-state index >= 15 is 0 Å². The third-order valence-corrected chi connectivity index (χ3v) is 5.78. The molecule has 2 atom stereocenters. The largest absolute Gasteiger partial charge is 0.316 e. The number of hydrogen-bond acceptors (Lipinski definition) is 3. The van der Waals surface area contributed by atoms with Crippen molar-refractivity contribution >= 4 is 39.0 Å². The Hall–Kier alpha value is 0.490. The maximum atomic E-state index is 3.51. The molecule has 1 heterocycles. The quantitative estimate of drug-likeness (QED) is 0.808. The van der Waals surface area contributed by atoms with Gasteiger partial charge in [0.1, 0.15) is 0 Å². The van der Waals surface area contributed by atoms with Crippen LogP contribution < -0.4 is 5.32 Å². The molecule has 1 aromatic rings. The summed E-state index contributed by atoms with van der Waals surface area (Å²) >= 11 is 7.41. The molecule has 2 unspecified atom stereocenters. The molecule has 92 valence electrons. The second kappa shape index (κ2) is 7.75. The molecule has 0 aromatic carbocycles. The van der Waals surface area contributed by atoms with Gasteiger partial charge < -0.3 is 5.32 Å². The van der Waals surface area contributed by atoms with Crippen LogP contribution in [0.25, 0.3) is 0 Å². The molecule has 0 spiro atoms.